The number of amides is 1. The van der Waals surface area contributed by atoms with Crippen molar-refractivity contribution in [1.82, 2.24) is 0 Å². The SMILES string of the molecule is [N-]=[N+]=Nc1ccc(S(=O)(=O)c2ccc(NC(=O)CCC(=O)O)cc2)cc1. The Morgan fingerprint density at radius 1 is 1.00 bits per heavy atom. The molecule has 10 heteroatoms. The van der Waals surface area contributed by atoms with Gasteiger partial charge in [-0.1, -0.05) is 17.2 Å². The van der Waals surface area contributed by atoms with Crippen molar-refractivity contribution < 1.29 is 23.1 Å². The highest BCUT2D eigenvalue weighted by Gasteiger charge is 2.17. The van der Waals surface area contributed by atoms with E-state index in [9.17, 15) is 18.0 Å². The highest BCUT2D eigenvalue weighted by Crippen LogP contribution is 2.24. The van der Waals surface area contributed by atoms with Gasteiger partial charge < -0.3 is 10.4 Å². The zero-order valence-electron chi connectivity index (χ0n) is 13.4. The first-order chi connectivity index (χ1) is 12.3. The zero-order chi connectivity index (χ0) is 19.2. The lowest BCUT2D eigenvalue weighted by Gasteiger charge is -2.07. The van der Waals surface area contributed by atoms with Gasteiger partial charge in [-0.3, -0.25) is 9.59 Å². The van der Waals surface area contributed by atoms with Crippen LogP contribution < -0.4 is 5.32 Å². The van der Waals surface area contributed by atoms with E-state index in [0.717, 1.165) is 0 Å². The molecule has 9 nitrogen and oxygen atoms in total. The number of nitrogens with one attached hydrogen (secondary N) is 1. The predicted molar refractivity (Wildman–Crippen MR) is 92.6 cm³/mol. The molecule has 2 aromatic rings. The average molecular weight is 374 g/mol. The summed E-state index contributed by atoms with van der Waals surface area (Å²) >= 11 is 0. The van der Waals surface area contributed by atoms with Crippen LogP contribution in [0.2, 0.25) is 0 Å². The lowest BCUT2D eigenvalue weighted by Crippen LogP contribution is -2.13. The molecule has 1 amide bonds. The van der Waals surface area contributed by atoms with E-state index in [2.05, 4.69) is 15.3 Å². The Bertz CT molecular complexity index is 963. The predicted octanol–water partition coefficient (Wildman–Crippen LogP) is 3.26. The van der Waals surface area contributed by atoms with Crippen LogP contribution in [0.15, 0.2) is 63.4 Å². The summed E-state index contributed by atoms with van der Waals surface area (Å²) in [5.74, 6) is -1.55. The number of sulfone groups is 1. The van der Waals surface area contributed by atoms with Gasteiger partial charge in [0.1, 0.15) is 0 Å². The average Bonchev–Trinajstić information content (AvgIpc) is 2.61. The van der Waals surface area contributed by atoms with E-state index in [-0.39, 0.29) is 22.6 Å². The van der Waals surface area contributed by atoms with Gasteiger partial charge >= 0.3 is 5.97 Å². The fraction of sp³-hybridized carbons (Fsp3) is 0.125. The zero-order valence-corrected chi connectivity index (χ0v) is 14.2. The van der Waals surface area contributed by atoms with Gasteiger partial charge in [-0.2, -0.15) is 0 Å². The topological polar surface area (TPSA) is 149 Å². The Kier molecular flexibility index (Phi) is 5.94. The second-order valence-electron chi connectivity index (χ2n) is 5.15. The van der Waals surface area contributed by atoms with Gasteiger partial charge in [0.05, 0.1) is 16.2 Å². The summed E-state index contributed by atoms with van der Waals surface area (Å²) in [6, 6.07) is 11.0. The summed E-state index contributed by atoms with van der Waals surface area (Å²) in [5.41, 5.74) is 9.01. The van der Waals surface area contributed by atoms with Gasteiger partial charge in [-0.15, -0.1) is 0 Å². The summed E-state index contributed by atoms with van der Waals surface area (Å²) in [5, 5.41) is 14.4. The first kappa shape index (κ1) is 19.0. The van der Waals surface area contributed by atoms with E-state index >= 15 is 0 Å². The Balaban J connectivity index is 2.14. The van der Waals surface area contributed by atoms with Crippen molar-refractivity contribution in [2.24, 2.45) is 5.11 Å². The van der Waals surface area contributed by atoms with E-state index in [1.54, 1.807) is 0 Å². The van der Waals surface area contributed by atoms with Crippen molar-refractivity contribution >= 4 is 33.1 Å². The second-order valence-corrected chi connectivity index (χ2v) is 7.10. The Hall–Kier alpha value is -3.36. The van der Waals surface area contributed by atoms with Crippen LogP contribution in [0.5, 0.6) is 0 Å². The highest BCUT2D eigenvalue weighted by molar-refractivity contribution is 7.91. The third-order valence-electron chi connectivity index (χ3n) is 3.32. The molecule has 0 bridgehead atoms. The number of rotatable bonds is 7. The molecule has 2 aromatic carbocycles. The Labute approximate surface area is 148 Å². The molecule has 0 unspecified atom stereocenters. The molecule has 0 aliphatic rings. The number of azide groups is 1. The first-order valence-electron chi connectivity index (χ1n) is 7.35. The molecule has 0 atom stereocenters. The number of carbonyl (C=O) groups excluding carboxylic acids is 1. The molecule has 0 radical (unpaired) electrons. The maximum Gasteiger partial charge on any atom is 0.303 e. The van der Waals surface area contributed by atoms with Crippen LogP contribution in [-0.2, 0) is 19.4 Å². The van der Waals surface area contributed by atoms with Gasteiger partial charge in [0.2, 0.25) is 15.7 Å². The minimum absolute atomic E-state index is 0.0255. The van der Waals surface area contributed by atoms with Gasteiger partial charge in [0.15, 0.2) is 0 Å². The van der Waals surface area contributed by atoms with Gasteiger partial charge in [-0.05, 0) is 41.9 Å². The lowest BCUT2D eigenvalue weighted by molar-refractivity contribution is -0.138. The number of benzene rings is 2. The van der Waals surface area contributed by atoms with Gasteiger partial charge in [-0.25, -0.2) is 8.42 Å². The molecule has 0 fully saturated rings. The number of carboxylic acids is 1. The molecular weight excluding hydrogens is 360 g/mol. The summed E-state index contributed by atoms with van der Waals surface area (Å²) in [6.07, 6.45) is -0.461. The number of hydrogen-bond acceptors (Lipinski definition) is 5. The number of aliphatic carboxylic acids is 1. The quantitative estimate of drug-likeness (QED) is 0.433. The molecule has 134 valence electrons. The lowest BCUT2D eigenvalue weighted by atomic mass is 10.2. The van der Waals surface area contributed by atoms with Crippen molar-refractivity contribution in [1.29, 1.82) is 0 Å². The van der Waals surface area contributed by atoms with Crippen LogP contribution in [0.4, 0.5) is 11.4 Å². The normalized spacial score (nSPS) is 10.6. The summed E-state index contributed by atoms with van der Waals surface area (Å²) in [4.78, 5) is 24.7. The van der Waals surface area contributed by atoms with Gasteiger partial charge in [0, 0.05) is 22.7 Å². The molecule has 2 N–H and O–H groups in total. The van der Waals surface area contributed by atoms with E-state index in [4.69, 9.17) is 10.6 Å². The number of carbonyl (C=O) groups is 2. The van der Waals surface area contributed by atoms with Crippen molar-refractivity contribution in [2.45, 2.75) is 22.6 Å². The number of nitrogens with zero attached hydrogens (tertiary/aromatic N) is 3. The van der Waals surface area contributed by atoms with Crippen molar-refractivity contribution in [2.75, 3.05) is 5.32 Å². The number of anilines is 1. The van der Waals surface area contributed by atoms with Crippen LogP contribution in [0, 0.1) is 0 Å². The minimum atomic E-state index is -3.76. The van der Waals surface area contributed by atoms with E-state index < -0.39 is 21.7 Å². The Morgan fingerprint density at radius 3 is 2.04 bits per heavy atom. The molecular formula is C16H14N4O5S. The van der Waals surface area contributed by atoms with Crippen LogP contribution in [-0.4, -0.2) is 25.4 Å². The van der Waals surface area contributed by atoms with Crippen LogP contribution in [0.25, 0.3) is 10.4 Å². The van der Waals surface area contributed by atoms with Crippen molar-refractivity contribution in [3.8, 4) is 0 Å². The monoisotopic (exact) mass is 374 g/mol. The summed E-state index contributed by atoms with van der Waals surface area (Å²) in [6.45, 7) is 0. The minimum Gasteiger partial charge on any atom is -0.481 e. The third kappa shape index (κ3) is 4.82. The van der Waals surface area contributed by atoms with E-state index in [1.165, 1.54) is 48.5 Å². The smallest absolute Gasteiger partial charge is 0.303 e. The van der Waals surface area contributed by atoms with Crippen molar-refractivity contribution in [3.05, 3.63) is 59.0 Å². The summed E-state index contributed by atoms with van der Waals surface area (Å²) < 4.78 is 25.1. The fourth-order valence-electron chi connectivity index (χ4n) is 2.04. The largest absolute Gasteiger partial charge is 0.481 e. The fourth-order valence-corrected chi connectivity index (χ4v) is 3.30. The van der Waals surface area contributed by atoms with Crippen LogP contribution in [0.1, 0.15) is 12.8 Å². The Morgan fingerprint density at radius 2 is 1.54 bits per heavy atom. The van der Waals surface area contributed by atoms with Crippen LogP contribution >= 0.6 is 0 Å². The highest BCUT2D eigenvalue weighted by atomic mass is 32.2. The second kappa shape index (κ2) is 8.15. The third-order valence-corrected chi connectivity index (χ3v) is 5.11. The van der Waals surface area contributed by atoms with Gasteiger partial charge in [0.25, 0.3) is 0 Å². The van der Waals surface area contributed by atoms with Crippen molar-refractivity contribution in [3.63, 3.8) is 0 Å². The first-order valence-corrected chi connectivity index (χ1v) is 8.83. The molecule has 0 spiro atoms. The molecule has 0 saturated heterocycles. The standard InChI is InChI=1S/C16H14N4O5S/c17-20-19-12-3-7-14(8-4-12)26(24,25)13-5-1-11(2-6-13)18-15(21)9-10-16(22)23/h1-8H,9-10H2,(H,18,21)(H,22,23). The molecule has 0 aliphatic heterocycles. The maximum atomic E-state index is 12.6. The molecule has 26 heavy (non-hydrogen) atoms. The maximum absolute atomic E-state index is 12.6. The molecule has 0 saturated carbocycles. The van der Waals surface area contributed by atoms with E-state index in [0.29, 0.717) is 11.4 Å². The van der Waals surface area contributed by atoms with E-state index in [1.807, 2.05) is 0 Å². The number of hydrogen-bond donors (Lipinski definition) is 2. The summed E-state index contributed by atoms with van der Waals surface area (Å²) in [7, 11) is -3.76. The van der Waals surface area contributed by atoms with Crippen LogP contribution in [0.3, 0.4) is 0 Å². The molecule has 2 rings (SSSR count). The molecule has 0 heterocycles. The number of carboxylic acid groups (broad SMARTS) is 1. The molecule has 0 aromatic heterocycles. The molecule has 0 aliphatic carbocycles.